The third-order valence-corrected chi connectivity index (χ3v) is 3.87. The van der Waals surface area contributed by atoms with E-state index in [-0.39, 0.29) is 17.4 Å². The number of hydrogen-bond donors (Lipinski definition) is 2. The maximum atomic E-state index is 12.4. The van der Waals surface area contributed by atoms with Crippen molar-refractivity contribution in [1.29, 1.82) is 0 Å². The summed E-state index contributed by atoms with van der Waals surface area (Å²) in [5.74, 6) is 1.07. The number of amides is 2. The van der Waals surface area contributed by atoms with Gasteiger partial charge in [0.05, 0.1) is 30.9 Å². The van der Waals surface area contributed by atoms with Gasteiger partial charge in [-0.3, -0.25) is 10.1 Å². The maximum absolute atomic E-state index is 12.4. The van der Waals surface area contributed by atoms with E-state index in [1.54, 1.807) is 7.11 Å². The van der Waals surface area contributed by atoms with Crippen LogP contribution in [0, 0.1) is 10.1 Å². The Kier molecular flexibility index (Phi) is 6.37. The van der Waals surface area contributed by atoms with Crippen molar-refractivity contribution >= 4 is 17.4 Å². The van der Waals surface area contributed by atoms with Crippen LogP contribution in [0.25, 0.3) is 0 Å². The van der Waals surface area contributed by atoms with E-state index in [9.17, 15) is 14.9 Å². The van der Waals surface area contributed by atoms with E-state index in [0.29, 0.717) is 12.2 Å². The summed E-state index contributed by atoms with van der Waals surface area (Å²) in [5, 5.41) is 16.4. The second kappa shape index (κ2) is 8.70. The van der Waals surface area contributed by atoms with Crippen LogP contribution < -0.4 is 20.1 Å². The monoisotopic (exact) mass is 359 g/mol. The Morgan fingerprint density at radius 1 is 1.15 bits per heavy atom. The minimum absolute atomic E-state index is 0.136. The van der Waals surface area contributed by atoms with Gasteiger partial charge in [-0.15, -0.1) is 0 Å². The van der Waals surface area contributed by atoms with Gasteiger partial charge in [-0.2, -0.15) is 0 Å². The fraction of sp³-hybridized carbons (Fsp3) is 0.278. The van der Waals surface area contributed by atoms with Crippen LogP contribution in [0.4, 0.5) is 16.2 Å². The molecule has 0 spiro atoms. The second-order valence-electron chi connectivity index (χ2n) is 5.47. The molecule has 0 aromatic heterocycles. The molecule has 26 heavy (non-hydrogen) atoms. The number of anilines is 1. The SMILES string of the molecule is CC[C@H](NC(=O)Nc1cc([N+](=O)[O-])ccc1OC)c1ccc(OC)cc1. The number of non-ortho nitro benzene ring substituents is 1. The van der Waals surface area contributed by atoms with E-state index in [0.717, 1.165) is 11.3 Å². The number of carbonyl (C=O) groups excluding carboxylic acids is 1. The number of ether oxygens (including phenoxy) is 2. The Hall–Kier alpha value is -3.29. The summed E-state index contributed by atoms with van der Waals surface area (Å²) in [6.07, 6.45) is 0.672. The molecule has 0 radical (unpaired) electrons. The van der Waals surface area contributed by atoms with Gasteiger partial charge in [0.2, 0.25) is 0 Å². The molecule has 0 saturated carbocycles. The first kappa shape index (κ1) is 19.0. The number of rotatable bonds is 7. The van der Waals surface area contributed by atoms with Crippen LogP contribution >= 0.6 is 0 Å². The van der Waals surface area contributed by atoms with Crippen molar-refractivity contribution in [3.8, 4) is 11.5 Å². The smallest absolute Gasteiger partial charge is 0.319 e. The predicted octanol–water partition coefficient (Wildman–Crippen LogP) is 3.88. The fourth-order valence-electron chi connectivity index (χ4n) is 2.48. The minimum atomic E-state index is -0.533. The zero-order valence-corrected chi connectivity index (χ0v) is 14.8. The zero-order valence-electron chi connectivity index (χ0n) is 14.8. The molecule has 2 amide bonds. The summed E-state index contributed by atoms with van der Waals surface area (Å²) in [6.45, 7) is 1.95. The molecule has 0 saturated heterocycles. The second-order valence-corrected chi connectivity index (χ2v) is 5.47. The van der Waals surface area contributed by atoms with Crippen LogP contribution in [-0.4, -0.2) is 25.2 Å². The highest BCUT2D eigenvalue weighted by atomic mass is 16.6. The molecule has 2 rings (SSSR count). The molecular weight excluding hydrogens is 338 g/mol. The Balaban J connectivity index is 2.13. The molecule has 0 unspecified atom stereocenters. The number of carbonyl (C=O) groups is 1. The summed E-state index contributed by atoms with van der Waals surface area (Å²) < 4.78 is 10.3. The van der Waals surface area contributed by atoms with Gasteiger partial charge in [0.25, 0.3) is 5.69 Å². The molecule has 0 aliphatic heterocycles. The van der Waals surface area contributed by atoms with Gasteiger partial charge in [-0.05, 0) is 30.2 Å². The number of nitrogens with zero attached hydrogens (tertiary/aromatic N) is 1. The van der Waals surface area contributed by atoms with Crippen molar-refractivity contribution in [3.05, 3.63) is 58.1 Å². The first-order valence-electron chi connectivity index (χ1n) is 8.02. The highest BCUT2D eigenvalue weighted by Gasteiger charge is 2.16. The maximum Gasteiger partial charge on any atom is 0.319 e. The van der Waals surface area contributed by atoms with Gasteiger partial charge in [-0.25, -0.2) is 4.79 Å². The first-order valence-corrected chi connectivity index (χ1v) is 8.02. The quantitative estimate of drug-likeness (QED) is 0.577. The standard InChI is InChI=1S/C18H21N3O5/c1-4-15(12-5-8-14(25-2)9-6-12)19-18(22)20-16-11-13(21(23)24)7-10-17(16)26-3/h5-11,15H,4H2,1-3H3,(H2,19,20,22)/t15-/m0/s1. The predicted molar refractivity (Wildman–Crippen MR) is 97.8 cm³/mol. The highest BCUT2D eigenvalue weighted by molar-refractivity contribution is 5.91. The van der Waals surface area contributed by atoms with Crippen LogP contribution in [0.5, 0.6) is 11.5 Å². The van der Waals surface area contributed by atoms with Gasteiger partial charge >= 0.3 is 6.03 Å². The average molecular weight is 359 g/mol. The first-order chi connectivity index (χ1) is 12.5. The lowest BCUT2D eigenvalue weighted by Gasteiger charge is -2.19. The summed E-state index contributed by atoms with van der Waals surface area (Å²) in [5.41, 5.74) is 1.02. The van der Waals surface area contributed by atoms with Crippen molar-refractivity contribution in [2.24, 2.45) is 0 Å². The molecule has 2 aromatic carbocycles. The average Bonchev–Trinajstić information content (AvgIpc) is 2.66. The molecule has 138 valence electrons. The normalized spacial score (nSPS) is 11.3. The Bertz CT molecular complexity index is 777. The van der Waals surface area contributed by atoms with Crippen LogP contribution in [0.1, 0.15) is 24.9 Å². The fourth-order valence-corrected chi connectivity index (χ4v) is 2.48. The topological polar surface area (TPSA) is 103 Å². The molecule has 0 aliphatic carbocycles. The third kappa shape index (κ3) is 4.62. The number of nitrogens with one attached hydrogen (secondary N) is 2. The summed E-state index contributed by atoms with van der Waals surface area (Å²) in [4.78, 5) is 22.7. The van der Waals surface area contributed by atoms with Gasteiger partial charge in [-0.1, -0.05) is 19.1 Å². The van der Waals surface area contributed by atoms with E-state index in [1.165, 1.54) is 25.3 Å². The van der Waals surface area contributed by atoms with Crippen LogP contribution in [-0.2, 0) is 0 Å². The largest absolute Gasteiger partial charge is 0.497 e. The van der Waals surface area contributed by atoms with Gasteiger partial charge in [0, 0.05) is 12.1 Å². The van der Waals surface area contributed by atoms with Crippen molar-refractivity contribution in [2.75, 3.05) is 19.5 Å². The molecular formula is C18H21N3O5. The lowest BCUT2D eigenvalue weighted by Crippen LogP contribution is -2.32. The summed E-state index contributed by atoms with van der Waals surface area (Å²) in [6, 6.07) is 10.7. The number of urea groups is 1. The molecule has 0 fully saturated rings. The zero-order chi connectivity index (χ0) is 19.1. The van der Waals surface area contributed by atoms with Crippen molar-refractivity contribution < 1.29 is 19.2 Å². The third-order valence-electron chi connectivity index (χ3n) is 3.87. The number of methoxy groups -OCH3 is 2. The Morgan fingerprint density at radius 2 is 1.85 bits per heavy atom. The minimum Gasteiger partial charge on any atom is -0.497 e. The van der Waals surface area contributed by atoms with Gasteiger partial charge in [0.15, 0.2) is 0 Å². The van der Waals surface area contributed by atoms with E-state index in [2.05, 4.69) is 10.6 Å². The molecule has 0 bridgehead atoms. The lowest BCUT2D eigenvalue weighted by molar-refractivity contribution is -0.384. The molecule has 0 aliphatic rings. The molecule has 8 heteroatoms. The van der Waals surface area contributed by atoms with E-state index in [4.69, 9.17) is 9.47 Å². The molecule has 8 nitrogen and oxygen atoms in total. The van der Waals surface area contributed by atoms with E-state index >= 15 is 0 Å². The van der Waals surface area contributed by atoms with Crippen molar-refractivity contribution in [1.82, 2.24) is 5.32 Å². The highest BCUT2D eigenvalue weighted by Crippen LogP contribution is 2.29. The van der Waals surface area contributed by atoms with Crippen LogP contribution in [0.15, 0.2) is 42.5 Å². The van der Waals surface area contributed by atoms with Crippen molar-refractivity contribution in [2.45, 2.75) is 19.4 Å². The number of benzene rings is 2. The molecule has 1 atom stereocenters. The number of nitro benzene ring substituents is 1. The Morgan fingerprint density at radius 3 is 2.38 bits per heavy atom. The van der Waals surface area contributed by atoms with Crippen LogP contribution in [0.2, 0.25) is 0 Å². The molecule has 0 heterocycles. The summed E-state index contributed by atoms with van der Waals surface area (Å²) in [7, 11) is 3.01. The summed E-state index contributed by atoms with van der Waals surface area (Å²) >= 11 is 0. The van der Waals surface area contributed by atoms with Gasteiger partial charge < -0.3 is 20.1 Å². The number of nitro groups is 1. The molecule has 2 N–H and O–H groups in total. The van der Waals surface area contributed by atoms with E-state index < -0.39 is 11.0 Å². The lowest BCUT2D eigenvalue weighted by atomic mass is 10.0. The van der Waals surface area contributed by atoms with Crippen molar-refractivity contribution in [3.63, 3.8) is 0 Å². The van der Waals surface area contributed by atoms with Crippen LogP contribution in [0.3, 0.4) is 0 Å². The molecule has 2 aromatic rings. The Labute approximate surface area is 151 Å². The van der Waals surface area contributed by atoms with Gasteiger partial charge in [0.1, 0.15) is 11.5 Å². The van der Waals surface area contributed by atoms with E-state index in [1.807, 2.05) is 31.2 Å². The number of hydrogen-bond acceptors (Lipinski definition) is 5.